The predicted molar refractivity (Wildman–Crippen MR) is 98.2 cm³/mol. The van der Waals surface area contributed by atoms with Crippen LogP contribution in [0.15, 0.2) is 22.5 Å². The predicted octanol–water partition coefficient (Wildman–Crippen LogP) is 3.09. The molecule has 0 amide bonds. The first-order valence-electron chi connectivity index (χ1n) is 6.77. The maximum Gasteiger partial charge on any atom is 0.191 e. The Bertz CT molecular complexity index is 355. The highest BCUT2D eigenvalue weighted by Gasteiger charge is 1.99. The van der Waals surface area contributed by atoms with E-state index in [4.69, 9.17) is 4.74 Å². The first-order valence-corrected chi connectivity index (χ1v) is 7.65. The lowest BCUT2D eigenvalue weighted by atomic mass is 10.1. The molecular formula is C14H26IN3OS. The Balaban J connectivity index is 0.00000361. The molecule has 1 aromatic heterocycles. The first-order chi connectivity index (χ1) is 9.22. The van der Waals surface area contributed by atoms with Gasteiger partial charge in [-0.05, 0) is 23.8 Å². The number of hydrogen-bond donors (Lipinski definition) is 2. The summed E-state index contributed by atoms with van der Waals surface area (Å²) >= 11 is 1.74. The van der Waals surface area contributed by atoms with E-state index in [-0.39, 0.29) is 24.0 Å². The summed E-state index contributed by atoms with van der Waals surface area (Å²) in [6.45, 7) is 7.55. The third kappa shape index (κ3) is 9.55. The summed E-state index contributed by atoms with van der Waals surface area (Å²) < 4.78 is 5.55. The highest BCUT2D eigenvalue weighted by atomic mass is 127. The number of rotatable bonds is 8. The average Bonchev–Trinajstić information content (AvgIpc) is 2.90. The van der Waals surface area contributed by atoms with Crippen molar-refractivity contribution in [1.82, 2.24) is 10.6 Å². The molecule has 0 spiro atoms. The number of nitrogens with one attached hydrogen (secondary N) is 2. The molecule has 0 unspecified atom stereocenters. The maximum absolute atomic E-state index is 5.55. The van der Waals surface area contributed by atoms with Gasteiger partial charge < -0.3 is 15.4 Å². The molecule has 0 aromatic carbocycles. The van der Waals surface area contributed by atoms with Crippen LogP contribution in [0.2, 0.25) is 0 Å². The van der Waals surface area contributed by atoms with Gasteiger partial charge in [0.25, 0.3) is 0 Å². The molecule has 0 aliphatic heterocycles. The van der Waals surface area contributed by atoms with Crippen LogP contribution in [-0.2, 0) is 11.3 Å². The van der Waals surface area contributed by atoms with Crippen molar-refractivity contribution in [2.75, 3.05) is 26.8 Å². The summed E-state index contributed by atoms with van der Waals surface area (Å²) in [6.07, 6.45) is 1.12. The molecule has 0 saturated heterocycles. The molecule has 0 fully saturated rings. The standard InChI is InChI=1S/C14H25N3OS.HI/c1-12(2)6-8-18-9-7-16-14(15-3)17-11-13-5-4-10-19-13;/h4-5,10,12H,6-9,11H2,1-3H3,(H2,15,16,17);1H. The van der Waals surface area contributed by atoms with Crippen LogP contribution in [-0.4, -0.2) is 32.8 Å². The van der Waals surface area contributed by atoms with E-state index < -0.39 is 0 Å². The molecule has 6 heteroatoms. The van der Waals surface area contributed by atoms with Crippen molar-refractivity contribution < 1.29 is 4.74 Å². The summed E-state index contributed by atoms with van der Waals surface area (Å²) in [4.78, 5) is 5.48. The molecule has 4 nitrogen and oxygen atoms in total. The second-order valence-electron chi connectivity index (χ2n) is 4.73. The molecule has 2 N–H and O–H groups in total. The molecule has 116 valence electrons. The number of halogens is 1. The summed E-state index contributed by atoms with van der Waals surface area (Å²) in [5.41, 5.74) is 0. The van der Waals surface area contributed by atoms with Gasteiger partial charge in [0.1, 0.15) is 0 Å². The molecular weight excluding hydrogens is 385 g/mol. The van der Waals surface area contributed by atoms with Gasteiger partial charge in [-0.25, -0.2) is 0 Å². The number of ether oxygens (including phenoxy) is 1. The van der Waals surface area contributed by atoms with E-state index in [1.165, 1.54) is 4.88 Å². The van der Waals surface area contributed by atoms with Crippen LogP contribution in [0.5, 0.6) is 0 Å². The monoisotopic (exact) mass is 411 g/mol. The Labute approximate surface area is 143 Å². The summed E-state index contributed by atoms with van der Waals surface area (Å²) in [5, 5.41) is 8.59. The van der Waals surface area contributed by atoms with Crippen molar-refractivity contribution in [3.8, 4) is 0 Å². The normalized spacial score (nSPS) is 11.3. The Hall–Kier alpha value is -0.340. The van der Waals surface area contributed by atoms with Gasteiger partial charge in [-0.3, -0.25) is 4.99 Å². The molecule has 1 heterocycles. The molecule has 0 aliphatic carbocycles. The second kappa shape index (κ2) is 12.4. The summed E-state index contributed by atoms with van der Waals surface area (Å²) in [7, 11) is 1.78. The topological polar surface area (TPSA) is 45.7 Å². The summed E-state index contributed by atoms with van der Waals surface area (Å²) in [6, 6.07) is 4.17. The number of hydrogen-bond acceptors (Lipinski definition) is 3. The third-order valence-corrected chi connectivity index (χ3v) is 3.49. The summed E-state index contributed by atoms with van der Waals surface area (Å²) in [5.74, 6) is 1.52. The van der Waals surface area contributed by atoms with Crippen LogP contribution in [0.3, 0.4) is 0 Å². The average molecular weight is 411 g/mol. The lowest BCUT2D eigenvalue weighted by molar-refractivity contribution is 0.128. The fourth-order valence-corrected chi connectivity index (χ4v) is 2.11. The third-order valence-electron chi connectivity index (χ3n) is 2.61. The van der Waals surface area contributed by atoms with E-state index >= 15 is 0 Å². The van der Waals surface area contributed by atoms with Gasteiger partial charge in [-0.15, -0.1) is 35.3 Å². The van der Waals surface area contributed by atoms with Crippen LogP contribution >= 0.6 is 35.3 Å². The van der Waals surface area contributed by atoms with Crippen LogP contribution in [0.25, 0.3) is 0 Å². The van der Waals surface area contributed by atoms with Gasteiger partial charge in [0.05, 0.1) is 13.2 Å². The largest absolute Gasteiger partial charge is 0.380 e. The minimum Gasteiger partial charge on any atom is -0.380 e. The van der Waals surface area contributed by atoms with Crippen LogP contribution < -0.4 is 10.6 Å². The number of aliphatic imine (C=N–C) groups is 1. The lowest BCUT2D eigenvalue weighted by Gasteiger charge is -2.11. The van der Waals surface area contributed by atoms with Crippen LogP contribution in [0, 0.1) is 5.92 Å². The number of thiophene rings is 1. The zero-order chi connectivity index (χ0) is 13.9. The molecule has 1 rings (SSSR count). The zero-order valence-electron chi connectivity index (χ0n) is 12.5. The van der Waals surface area contributed by atoms with E-state index in [0.717, 1.165) is 32.1 Å². The number of guanidine groups is 1. The molecule has 0 radical (unpaired) electrons. The van der Waals surface area contributed by atoms with Gasteiger partial charge in [0.15, 0.2) is 5.96 Å². The van der Waals surface area contributed by atoms with Crippen molar-refractivity contribution in [2.24, 2.45) is 10.9 Å². The lowest BCUT2D eigenvalue weighted by Crippen LogP contribution is -2.38. The van der Waals surface area contributed by atoms with Gasteiger partial charge in [-0.1, -0.05) is 19.9 Å². The van der Waals surface area contributed by atoms with E-state index in [0.29, 0.717) is 12.5 Å². The first kappa shape index (κ1) is 19.7. The van der Waals surface area contributed by atoms with Crippen LogP contribution in [0.4, 0.5) is 0 Å². The zero-order valence-corrected chi connectivity index (χ0v) is 15.7. The van der Waals surface area contributed by atoms with E-state index in [2.05, 4.69) is 47.0 Å². The molecule has 0 aliphatic rings. The number of nitrogens with zero attached hydrogens (tertiary/aromatic N) is 1. The van der Waals surface area contributed by atoms with Gasteiger partial charge >= 0.3 is 0 Å². The molecule has 0 saturated carbocycles. The van der Waals surface area contributed by atoms with E-state index in [1.54, 1.807) is 18.4 Å². The van der Waals surface area contributed by atoms with Gasteiger partial charge in [0.2, 0.25) is 0 Å². The Morgan fingerprint density at radius 2 is 2.15 bits per heavy atom. The van der Waals surface area contributed by atoms with Gasteiger partial charge in [-0.2, -0.15) is 0 Å². The van der Waals surface area contributed by atoms with Crippen molar-refractivity contribution in [3.63, 3.8) is 0 Å². The molecule has 1 aromatic rings. The van der Waals surface area contributed by atoms with Gasteiger partial charge in [0, 0.05) is 25.1 Å². The van der Waals surface area contributed by atoms with E-state index in [1.807, 2.05) is 0 Å². The van der Waals surface area contributed by atoms with E-state index in [9.17, 15) is 0 Å². The second-order valence-corrected chi connectivity index (χ2v) is 5.76. The Morgan fingerprint density at radius 3 is 2.75 bits per heavy atom. The molecule has 0 atom stereocenters. The van der Waals surface area contributed by atoms with Crippen molar-refractivity contribution in [3.05, 3.63) is 22.4 Å². The van der Waals surface area contributed by atoms with Crippen LogP contribution in [0.1, 0.15) is 25.1 Å². The maximum atomic E-state index is 5.55. The fourth-order valence-electron chi connectivity index (χ4n) is 1.47. The minimum atomic E-state index is 0. The smallest absolute Gasteiger partial charge is 0.191 e. The van der Waals surface area contributed by atoms with Crippen molar-refractivity contribution in [2.45, 2.75) is 26.8 Å². The molecule has 0 bridgehead atoms. The van der Waals surface area contributed by atoms with Crippen molar-refractivity contribution in [1.29, 1.82) is 0 Å². The fraction of sp³-hybridized carbons (Fsp3) is 0.643. The van der Waals surface area contributed by atoms with Crippen molar-refractivity contribution >= 4 is 41.3 Å². The SMILES string of the molecule is CN=C(NCCOCCC(C)C)NCc1cccs1.I. The Kier molecular flexibility index (Phi) is 12.2. The quantitative estimate of drug-likeness (QED) is 0.299. The molecule has 20 heavy (non-hydrogen) atoms. The minimum absolute atomic E-state index is 0. The Morgan fingerprint density at radius 1 is 1.35 bits per heavy atom. The highest BCUT2D eigenvalue weighted by Crippen LogP contribution is 2.06. The highest BCUT2D eigenvalue weighted by molar-refractivity contribution is 14.0.